The number of benzene rings is 2. The molecule has 64 heavy (non-hydrogen) atoms. The van der Waals surface area contributed by atoms with Gasteiger partial charge in [-0.2, -0.15) is 0 Å². The number of hydrogen-bond donors (Lipinski definition) is 6. The molecule has 0 spiro atoms. The molecular formula is C49H84N7O6PS. The summed E-state index contributed by atoms with van der Waals surface area (Å²) in [6, 6.07) is 16.3. The van der Waals surface area contributed by atoms with Crippen molar-refractivity contribution >= 4 is 66.5 Å². The Labute approximate surface area is 391 Å². The van der Waals surface area contributed by atoms with Gasteiger partial charge in [-0.05, 0) is 82.7 Å². The van der Waals surface area contributed by atoms with Gasteiger partial charge in [-0.25, -0.2) is 0 Å². The number of unbranched alkanes of at least 4 members (excludes halogenated alkanes) is 11. The molecule has 15 heteroatoms. The Kier molecular flexibility index (Phi) is 38.3. The van der Waals surface area contributed by atoms with Crippen molar-refractivity contribution in [2.45, 2.75) is 155 Å². The van der Waals surface area contributed by atoms with E-state index in [1.807, 2.05) is 19.2 Å². The number of rotatable bonds is 30. The molecule has 3 rings (SSSR count). The molecule has 0 saturated carbocycles. The van der Waals surface area contributed by atoms with Crippen molar-refractivity contribution in [1.29, 1.82) is 0 Å². The smallest absolute Gasteiger partial charge is 0.306 e. The molecule has 10 N–H and O–H groups in total. The molecule has 1 aliphatic rings. The number of carbonyl (C=O) groups excluding carboxylic acids is 5. The van der Waals surface area contributed by atoms with E-state index in [1.165, 1.54) is 55.7 Å². The fraction of sp³-hybridized carbons (Fsp3) is 0.612. The van der Waals surface area contributed by atoms with Crippen molar-refractivity contribution in [2.75, 3.05) is 44.9 Å². The number of anilines is 1. The van der Waals surface area contributed by atoms with Crippen molar-refractivity contribution < 1.29 is 28.7 Å². The molecule has 1 heterocycles. The fourth-order valence-corrected chi connectivity index (χ4v) is 9.68. The van der Waals surface area contributed by atoms with Crippen molar-refractivity contribution in [3.63, 3.8) is 0 Å². The lowest BCUT2D eigenvalue weighted by Crippen LogP contribution is -2.26. The lowest BCUT2D eigenvalue weighted by atomic mass is 9.96. The van der Waals surface area contributed by atoms with Crippen LogP contribution in [0.1, 0.15) is 153 Å². The zero-order valence-electron chi connectivity index (χ0n) is 39.8. The second kappa shape index (κ2) is 40.7. The zero-order chi connectivity index (χ0) is 47.8. The Bertz CT molecular complexity index is 1580. The lowest BCUT2D eigenvalue weighted by molar-refractivity contribution is -0.145. The molecule has 1 aliphatic heterocycles. The lowest BCUT2D eigenvalue weighted by Gasteiger charge is -2.29. The third-order valence-corrected chi connectivity index (χ3v) is 15.3. The quantitative estimate of drug-likeness (QED) is 0.0142. The van der Waals surface area contributed by atoms with E-state index in [2.05, 4.69) is 85.5 Å². The number of fused-ring (bicyclic) bond motifs is 2. The fourth-order valence-electron chi connectivity index (χ4n) is 7.00. The maximum absolute atomic E-state index is 11.9. The van der Waals surface area contributed by atoms with Crippen molar-refractivity contribution in [1.82, 2.24) is 10.6 Å². The van der Waals surface area contributed by atoms with E-state index in [1.54, 1.807) is 0 Å². The van der Waals surface area contributed by atoms with E-state index in [9.17, 15) is 19.2 Å². The van der Waals surface area contributed by atoms with Gasteiger partial charge in [0.2, 0.25) is 6.41 Å². The van der Waals surface area contributed by atoms with Crippen LogP contribution in [-0.4, -0.2) is 82.4 Å². The summed E-state index contributed by atoms with van der Waals surface area (Å²) in [5.74, 6) is -0.122. The minimum Gasteiger partial charge on any atom is -0.466 e. The van der Waals surface area contributed by atoms with Gasteiger partial charge in [0.1, 0.15) is 18.4 Å². The highest BCUT2D eigenvalue weighted by molar-refractivity contribution is 8.54. The van der Waals surface area contributed by atoms with Crippen LogP contribution in [-0.2, 0) is 35.3 Å². The number of esters is 1. The average molecular weight is 930 g/mol. The molecule has 0 aromatic heterocycles. The average Bonchev–Trinajstić information content (AvgIpc) is 3.29. The third-order valence-electron chi connectivity index (χ3n) is 10.6. The van der Waals surface area contributed by atoms with Crippen LogP contribution in [0.15, 0.2) is 48.5 Å². The van der Waals surface area contributed by atoms with Crippen molar-refractivity contribution in [3.05, 3.63) is 65.2 Å². The molecule has 2 aromatic carbocycles. The summed E-state index contributed by atoms with van der Waals surface area (Å²) in [6.07, 6.45) is 20.7. The summed E-state index contributed by atoms with van der Waals surface area (Å²) < 4.78 is 5.17. The summed E-state index contributed by atoms with van der Waals surface area (Å²) in [5, 5.41) is 12.3. The van der Waals surface area contributed by atoms with E-state index in [-0.39, 0.29) is 44.2 Å². The highest BCUT2D eigenvalue weighted by Gasteiger charge is 2.21. The Morgan fingerprint density at radius 2 is 1.47 bits per heavy atom. The van der Waals surface area contributed by atoms with Gasteiger partial charge in [-0.15, -0.1) is 0 Å². The van der Waals surface area contributed by atoms with Gasteiger partial charge in [-0.3, -0.25) is 19.5 Å². The van der Waals surface area contributed by atoms with Crippen LogP contribution < -0.4 is 37.9 Å². The van der Waals surface area contributed by atoms with Gasteiger partial charge in [0, 0.05) is 56.2 Å². The number of para-hydroxylation sites is 1. The Morgan fingerprint density at radius 1 is 0.859 bits per heavy atom. The first-order valence-electron chi connectivity index (χ1n) is 23.4. The van der Waals surface area contributed by atoms with Crippen LogP contribution in [0.5, 0.6) is 0 Å². The molecule has 0 aliphatic carbocycles. The molecular weight excluding hydrogens is 846 g/mol. The topological polar surface area (TPSA) is 226 Å². The minimum atomic E-state index is -0.364. The van der Waals surface area contributed by atoms with E-state index in [0.29, 0.717) is 25.1 Å². The highest BCUT2D eigenvalue weighted by atomic mass is 32.7. The van der Waals surface area contributed by atoms with Gasteiger partial charge in [0.05, 0.1) is 30.5 Å². The van der Waals surface area contributed by atoms with Crippen molar-refractivity contribution in [2.24, 2.45) is 22.3 Å². The molecule has 2 aromatic rings. The van der Waals surface area contributed by atoms with Gasteiger partial charge >= 0.3 is 5.97 Å². The number of nitrogens with two attached hydrogens (primary N) is 4. The van der Waals surface area contributed by atoms with Crippen LogP contribution in [0.4, 0.5) is 5.69 Å². The first-order chi connectivity index (χ1) is 31.0. The summed E-state index contributed by atoms with van der Waals surface area (Å²) in [7, 11) is 3.71. The largest absolute Gasteiger partial charge is 0.466 e. The van der Waals surface area contributed by atoms with Gasteiger partial charge in [-0.1, -0.05) is 126 Å². The summed E-state index contributed by atoms with van der Waals surface area (Å²) >= 11 is 1.38. The molecule has 0 saturated heterocycles. The number of ether oxygens (including phenoxy) is 1. The van der Waals surface area contributed by atoms with Crippen LogP contribution in [0.25, 0.3) is 11.4 Å². The standard InChI is InChI=1S/C22H28N4O.C16H33N2O3PS.C10H20O.CH3NO/c1-26-14-16-8-2-3-10-18(16)21(24)22(19-11-4-5-12-20(19)26)25-13-7-6-9-17(23)15-27;1-4-22(23-17)14(2)13-15(19)9-10-16(20)21-12-8-6-5-7-11-18-3;1-2-3-4-5-6-7-8-9-10-11;2-1-3/h2-5,8,10-12,15,17,25H,6-7,9,13-14,23-24H2,1H3;14,18H,4-13,17H2,1-3H3;10H,2-9H2,1H3;1H,(H2,2,3)/b22-21-;;;/t;14-,22?;;/m.0../s1. The van der Waals surface area contributed by atoms with Crippen LogP contribution in [0, 0.1) is 0 Å². The highest BCUT2D eigenvalue weighted by Crippen LogP contribution is 2.51. The van der Waals surface area contributed by atoms with Gasteiger partial charge in [0.25, 0.3) is 0 Å². The second-order valence-corrected chi connectivity index (χ2v) is 20.5. The van der Waals surface area contributed by atoms with E-state index in [4.69, 9.17) is 26.1 Å². The number of Topliss-reactive ketones (excluding diaryl/α,β-unsaturated/α-hetero) is 1. The number of nitrogens with one attached hydrogen (secondary N) is 2. The molecule has 1 amide bonds. The second-order valence-electron chi connectivity index (χ2n) is 15.9. The Balaban J connectivity index is 0.000000971. The first kappa shape index (κ1) is 60.2. The van der Waals surface area contributed by atoms with Gasteiger partial charge in [0.15, 0.2) is 0 Å². The number of primary amides is 1. The molecule has 0 radical (unpaired) electrons. The molecule has 3 atom stereocenters. The molecule has 362 valence electrons. The number of hydrogen-bond acceptors (Lipinski definition) is 13. The number of ketones is 1. The SMILES string of the molecule is CCCCCCCCCC=O.CCP(SN)[C@@H](C)CC(=O)CCC(=O)OCCCCCCNC.CN1Cc2ccccc2/C(N)=C(/NCCCCC(N)C=O)c2ccccc21.NC=O. The molecule has 13 nitrogen and oxygen atoms in total. The summed E-state index contributed by atoms with van der Waals surface area (Å²) in [4.78, 5) is 55.0. The summed E-state index contributed by atoms with van der Waals surface area (Å²) in [5.41, 5.74) is 23.1. The van der Waals surface area contributed by atoms with E-state index < -0.39 is 0 Å². The van der Waals surface area contributed by atoms with Gasteiger partial charge < -0.3 is 47.1 Å². The molecule has 0 bridgehead atoms. The predicted octanol–water partition coefficient (Wildman–Crippen LogP) is 8.60. The van der Waals surface area contributed by atoms with E-state index >= 15 is 0 Å². The zero-order valence-corrected chi connectivity index (χ0v) is 41.5. The third kappa shape index (κ3) is 28.2. The van der Waals surface area contributed by atoms with E-state index in [0.717, 1.165) is 118 Å². The number of carbonyl (C=O) groups is 5. The van der Waals surface area contributed by atoms with Crippen LogP contribution >= 0.6 is 18.7 Å². The number of amides is 1. The Morgan fingerprint density at radius 3 is 2.11 bits per heavy atom. The first-order valence-corrected chi connectivity index (χ1v) is 26.4. The molecule has 0 fully saturated rings. The van der Waals surface area contributed by atoms with Crippen molar-refractivity contribution in [3.8, 4) is 0 Å². The van der Waals surface area contributed by atoms with Crippen LogP contribution in [0.3, 0.4) is 0 Å². The number of nitrogens with zero attached hydrogens (tertiary/aromatic N) is 1. The molecule has 2 unspecified atom stereocenters. The normalized spacial score (nSPS) is 14.1. The summed E-state index contributed by atoms with van der Waals surface area (Å²) in [6.45, 7) is 9.48. The maximum Gasteiger partial charge on any atom is 0.306 e. The predicted molar refractivity (Wildman–Crippen MR) is 272 cm³/mol. The maximum atomic E-state index is 11.9. The monoisotopic (exact) mass is 930 g/mol. The Hall–Kier alpha value is -3.81. The minimum absolute atomic E-state index is 0.136. The number of aldehydes is 2. The van der Waals surface area contributed by atoms with Crippen LogP contribution in [0.2, 0.25) is 0 Å².